The Balaban J connectivity index is 2.46. The van der Waals surface area contributed by atoms with Crippen LogP contribution in [-0.2, 0) is 5.11 Å². The lowest BCUT2D eigenvalue weighted by Crippen LogP contribution is -1.97. The third-order valence-electron chi connectivity index (χ3n) is 1.38. The molecule has 0 unspecified atom stereocenters. The number of hydrogen-bond donors (Lipinski definition) is 0. The highest BCUT2D eigenvalue weighted by Crippen LogP contribution is 2.24. The summed E-state index contributed by atoms with van der Waals surface area (Å²) in [5, 5.41) is 11.1. The van der Waals surface area contributed by atoms with Crippen LogP contribution < -0.4 is 4.74 Å². The van der Waals surface area contributed by atoms with Crippen LogP contribution in [0.2, 0.25) is 0 Å². The van der Waals surface area contributed by atoms with E-state index in [1.165, 1.54) is 6.07 Å². The van der Waals surface area contributed by atoms with Crippen molar-refractivity contribution in [2.24, 2.45) is 0 Å². The molecule has 0 aliphatic heterocycles. The van der Waals surface area contributed by atoms with Gasteiger partial charge in [-0.3, -0.25) is 5.11 Å². The maximum Gasteiger partial charge on any atom is 0.220 e. The molecule has 0 saturated heterocycles. The minimum absolute atomic E-state index is 0.0768. The van der Waals surface area contributed by atoms with Gasteiger partial charge in [-0.1, -0.05) is 12.1 Å². The monoisotopic (exact) mass is 185 g/mol. The number of hydrogen-bond acceptors (Lipinski definition) is 1. The maximum absolute atomic E-state index is 11.1. The van der Waals surface area contributed by atoms with Crippen molar-refractivity contribution in [1.82, 2.24) is 0 Å². The van der Waals surface area contributed by atoms with E-state index in [1.54, 1.807) is 18.2 Å². The first-order valence-electron chi connectivity index (χ1n) is 3.79. The molecule has 2 nitrogen and oxygen atoms in total. The highest BCUT2D eigenvalue weighted by Gasteiger charge is 2.00. The van der Waals surface area contributed by atoms with Gasteiger partial charge in [0.05, 0.1) is 6.61 Å². The van der Waals surface area contributed by atoms with E-state index in [0.29, 0.717) is 18.2 Å². The molecule has 65 valence electrons. The van der Waals surface area contributed by atoms with Gasteiger partial charge in [0, 0.05) is 5.88 Å². The SMILES string of the molecule is [O]c1ccccc1OCCCCl. The number of alkyl halides is 1. The fourth-order valence-electron chi connectivity index (χ4n) is 0.806. The zero-order valence-electron chi connectivity index (χ0n) is 6.63. The third kappa shape index (κ3) is 2.62. The van der Waals surface area contributed by atoms with E-state index in [0.717, 1.165) is 6.42 Å². The molecule has 0 aromatic heterocycles. The van der Waals surface area contributed by atoms with Crippen LogP contribution in [0.25, 0.3) is 0 Å². The van der Waals surface area contributed by atoms with Crippen molar-refractivity contribution >= 4 is 11.6 Å². The molecule has 0 amide bonds. The summed E-state index contributed by atoms with van der Waals surface area (Å²) in [7, 11) is 0. The van der Waals surface area contributed by atoms with Crippen LogP contribution in [0.3, 0.4) is 0 Å². The number of benzene rings is 1. The van der Waals surface area contributed by atoms with Gasteiger partial charge >= 0.3 is 0 Å². The second-order valence-corrected chi connectivity index (χ2v) is 2.72. The molecule has 1 rings (SSSR count). The first kappa shape index (κ1) is 9.20. The van der Waals surface area contributed by atoms with Crippen LogP contribution in [0.1, 0.15) is 6.42 Å². The Morgan fingerprint density at radius 1 is 1.33 bits per heavy atom. The van der Waals surface area contributed by atoms with Gasteiger partial charge in [0.1, 0.15) is 0 Å². The minimum atomic E-state index is -0.0768. The van der Waals surface area contributed by atoms with E-state index < -0.39 is 0 Å². The van der Waals surface area contributed by atoms with Crippen molar-refractivity contribution in [2.45, 2.75) is 6.42 Å². The molecular formula is C9H10ClO2. The van der Waals surface area contributed by atoms with Crippen LogP contribution in [0.4, 0.5) is 0 Å². The predicted octanol–water partition coefficient (Wildman–Crippen LogP) is 2.84. The number of para-hydroxylation sites is 2. The molecule has 3 heteroatoms. The van der Waals surface area contributed by atoms with Crippen molar-refractivity contribution in [2.75, 3.05) is 12.5 Å². The molecule has 0 atom stereocenters. The Bertz CT molecular complexity index is 238. The van der Waals surface area contributed by atoms with Gasteiger partial charge < -0.3 is 4.74 Å². The second kappa shape index (κ2) is 4.88. The highest BCUT2D eigenvalue weighted by atomic mass is 35.5. The highest BCUT2D eigenvalue weighted by molar-refractivity contribution is 6.17. The first-order chi connectivity index (χ1) is 5.84. The van der Waals surface area contributed by atoms with Gasteiger partial charge in [-0.2, -0.15) is 0 Å². The molecule has 0 fully saturated rings. The van der Waals surface area contributed by atoms with E-state index in [2.05, 4.69) is 0 Å². The molecule has 0 spiro atoms. The molecule has 0 aliphatic carbocycles. The zero-order valence-corrected chi connectivity index (χ0v) is 7.38. The average Bonchev–Trinajstić information content (AvgIpc) is 2.09. The van der Waals surface area contributed by atoms with Crippen molar-refractivity contribution in [3.63, 3.8) is 0 Å². The summed E-state index contributed by atoms with van der Waals surface area (Å²) in [4.78, 5) is 0. The van der Waals surface area contributed by atoms with E-state index >= 15 is 0 Å². The lowest BCUT2D eigenvalue weighted by molar-refractivity contribution is 0.276. The Morgan fingerprint density at radius 3 is 2.75 bits per heavy atom. The fraction of sp³-hybridized carbons (Fsp3) is 0.333. The molecule has 0 aliphatic rings. The van der Waals surface area contributed by atoms with Crippen molar-refractivity contribution < 1.29 is 9.84 Å². The first-order valence-corrected chi connectivity index (χ1v) is 4.33. The molecule has 1 aromatic rings. The topological polar surface area (TPSA) is 29.1 Å². The molecule has 0 bridgehead atoms. The Morgan fingerprint density at radius 2 is 2.08 bits per heavy atom. The van der Waals surface area contributed by atoms with Gasteiger partial charge in [-0.05, 0) is 18.6 Å². The van der Waals surface area contributed by atoms with Gasteiger partial charge in [0.2, 0.25) is 5.75 Å². The van der Waals surface area contributed by atoms with Gasteiger partial charge in [0.25, 0.3) is 0 Å². The van der Waals surface area contributed by atoms with Gasteiger partial charge in [-0.15, -0.1) is 11.6 Å². The summed E-state index contributed by atoms with van der Waals surface area (Å²) in [5.41, 5.74) is 0. The Kier molecular flexibility index (Phi) is 3.74. The summed E-state index contributed by atoms with van der Waals surface area (Å²) in [5.74, 6) is 0.885. The van der Waals surface area contributed by atoms with Crippen molar-refractivity contribution in [3.8, 4) is 11.5 Å². The van der Waals surface area contributed by atoms with Crippen molar-refractivity contribution in [1.29, 1.82) is 0 Å². The zero-order chi connectivity index (χ0) is 8.81. The lowest BCUT2D eigenvalue weighted by atomic mass is 10.3. The summed E-state index contributed by atoms with van der Waals surface area (Å²) in [6.07, 6.45) is 0.760. The summed E-state index contributed by atoms with van der Waals surface area (Å²) in [6.45, 7) is 0.503. The van der Waals surface area contributed by atoms with Gasteiger partial charge in [0.15, 0.2) is 5.75 Å². The quantitative estimate of drug-likeness (QED) is 0.524. The van der Waals surface area contributed by atoms with E-state index in [9.17, 15) is 5.11 Å². The van der Waals surface area contributed by atoms with Crippen LogP contribution in [-0.4, -0.2) is 12.5 Å². The van der Waals surface area contributed by atoms with Crippen LogP contribution in [0.5, 0.6) is 11.5 Å². The fourth-order valence-corrected chi connectivity index (χ4v) is 0.915. The molecule has 0 N–H and O–H groups in total. The largest absolute Gasteiger partial charge is 0.489 e. The molecule has 1 radical (unpaired) electrons. The standard InChI is InChI=1S/C9H10ClO2/c10-6-3-7-12-9-5-2-1-4-8(9)11/h1-2,4-5H,3,6-7H2. The van der Waals surface area contributed by atoms with E-state index in [1.807, 2.05) is 0 Å². The van der Waals surface area contributed by atoms with E-state index in [4.69, 9.17) is 16.3 Å². The third-order valence-corrected chi connectivity index (χ3v) is 1.65. The predicted molar refractivity (Wildman–Crippen MR) is 47.4 cm³/mol. The summed E-state index contributed by atoms with van der Waals surface area (Å²) < 4.78 is 5.18. The van der Waals surface area contributed by atoms with Gasteiger partial charge in [-0.25, -0.2) is 0 Å². The van der Waals surface area contributed by atoms with Crippen LogP contribution in [0.15, 0.2) is 24.3 Å². The average molecular weight is 186 g/mol. The summed E-state index contributed by atoms with van der Waals surface area (Å²) >= 11 is 5.45. The smallest absolute Gasteiger partial charge is 0.220 e. The molecule has 1 aromatic carbocycles. The molecule has 0 saturated carbocycles. The molecule has 0 heterocycles. The Labute approximate surface area is 76.7 Å². The molecule has 12 heavy (non-hydrogen) atoms. The number of rotatable bonds is 4. The molecular weight excluding hydrogens is 176 g/mol. The minimum Gasteiger partial charge on any atom is -0.489 e. The number of ether oxygens (including phenoxy) is 1. The van der Waals surface area contributed by atoms with Crippen LogP contribution >= 0.6 is 11.6 Å². The normalized spacial score (nSPS) is 9.75. The Hall–Kier alpha value is -0.890. The van der Waals surface area contributed by atoms with Crippen LogP contribution in [0, 0.1) is 0 Å². The second-order valence-electron chi connectivity index (χ2n) is 2.34. The summed E-state index contributed by atoms with van der Waals surface area (Å²) in [6, 6.07) is 6.61. The lowest BCUT2D eigenvalue weighted by Gasteiger charge is -2.03. The van der Waals surface area contributed by atoms with E-state index in [-0.39, 0.29) is 5.75 Å². The van der Waals surface area contributed by atoms with Crippen molar-refractivity contribution in [3.05, 3.63) is 24.3 Å². The maximum atomic E-state index is 11.1. The number of halogens is 1.